The Kier molecular flexibility index (Phi) is 8.62. The molecule has 23 heavy (non-hydrogen) atoms. The second-order valence-corrected chi connectivity index (χ2v) is 5.67. The molecule has 0 saturated heterocycles. The van der Waals surface area contributed by atoms with Gasteiger partial charge in [0.2, 0.25) is 0 Å². The Balaban J connectivity index is 2.96. The van der Waals surface area contributed by atoms with E-state index in [4.69, 9.17) is 20.0 Å². The van der Waals surface area contributed by atoms with E-state index in [1.807, 2.05) is 12.1 Å². The van der Waals surface area contributed by atoms with Gasteiger partial charge < -0.3 is 9.47 Å². The zero-order valence-corrected chi connectivity index (χ0v) is 14.4. The van der Waals surface area contributed by atoms with Gasteiger partial charge in [0.05, 0.1) is 38.7 Å². The van der Waals surface area contributed by atoms with E-state index in [1.165, 1.54) is 12.8 Å². The van der Waals surface area contributed by atoms with E-state index in [1.54, 1.807) is 7.11 Å². The molecule has 124 valence electrons. The standard InChI is InChI=1S/C19H26N2O2/c1-4-6-7-15(5-2)14-23-19-13-16(8-10-20)18(22-3)12-17(19)9-11-21/h12-13,15H,4-9,14H2,1-3H3/t15-/m0/s1. The van der Waals surface area contributed by atoms with E-state index < -0.39 is 0 Å². The summed E-state index contributed by atoms with van der Waals surface area (Å²) in [4.78, 5) is 0. The van der Waals surface area contributed by atoms with Crippen molar-refractivity contribution in [2.75, 3.05) is 13.7 Å². The van der Waals surface area contributed by atoms with Crippen LogP contribution in [-0.4, -0.2) is 13.7 Å². The lowest BCUT2D eigenvalue weighted by Gasteiger charge is -2.18. The highest BCUT2D eigenvalue weighted by molar-refractivity contribution is 5.48. The first-order valence-corrected chi connectivity index (χ1v) is 8.26. The highest BCUT2D eigenvalue weighted by atomic mass is 16.5. The molecule has 0 radical (unpaired) electrons. The average molecular weight is 314 g/mol. The van der Waals surface area contributed by atoms with E-state index in [9.17, 15) is 0 Å². The number of hydrogen-bond donors (Lipinski definition) is 0. The fraction of sp³-hybridized carbons (Fsp3) is 0.579. The third-order valence-electron chi connectivity index (χ3n) is 4.02. The smallest absolute Gasteiger partial charge is 0.124 e. The van der Waals surface area contributed by atoms with Crippen molar-refractivity contribution >= 4 is 0 Å². The SMILES string of the molecule is CCCC[C@H](CC)COc1cc(CC#N)c(OC)cc1CC#N. The first kappa shape index (κ1) is 18.8. The number of benzene rings is 1. The predicted molar refractivity (Wildman–Crippen MR) is 90.4 cm³/mol. The van der Waals surface area contributed by atoms with E-state index in [-0.39, 0.29) is 12.8 Å². The average Bonchev–Trinajstić information content (AvgIpc) is 2.57. The van der Waals surface area contributed by atoms with Gasteiger partial charge in [-0.1, -0.05) is 33.1 Å². The fourth-order valence-corrected chi connectivity index (χ4v) is 2.52. The van der Waals surface area contributed by atoms with Gasteiger partial charge in [-0.25, -0.2) is 0 Å². The molecule has 0 bridgehead atoms. The first-order valence-electron chi connectivity index (χ1n) is 8.26. The molecule has 0 aliphatic rings. The second-order valence-electron chi connectivity index (χ2n) is 5.67. The number of ether oxygens (including phenoxy) is 2. The number of nitrogens with zero attached hydrogens (tertiary/aromatic N) is 2. The molecule has 0 aliphatic carbocycles. The van der Waals surface area contributed by atoms with Crippen LogP contribution < -0.4 is 9.47 Å². The predicted octanol–water partition coefficient (Wildman–Crippen LogP) is 4.42. The number of methoxy groups -OCH3 is 1. The minimum absolute atomic E-state index is 0.263. The summed E-state index contributed by atoms with van der Waals surface area (Å²) in [6, 6.07) is 7.97. The Morgan fingerprint density at radius 3 is 2.17 bits per heavy atom. The van der Waals surface area contributed by atoms with Crippen molar-refractivity contribution in [1.82, 2.24) is 0 Å². The number of unbranched alkanes of at least 4 members (excludes halogenated alkanes) is 1. The number of rotatable bonds is 10. The van der Waals surface area contributed by atoms with Crippen molar-refractivity contribution in [3.8, 4) is 23.6 Å². The molecular weight excluding hydrogens is 288 g/mol. The molecule has 0 saturated carbocycles. The molecule has 0 unspecified atom stereocenters. The van der Waals surface area contributed by atoms with E-state index in [0.717, 1.165) is 24.0 Å². The number of hydrogen-bond acceptors (Lipinski definition) is 4. The summed E-state index contributed by atoms with van der Waals surface area (Å²) in [5.74, 6) is 1.86. The van der Waals surface area contributed by atoms with Gasteiger partial charge in [-0.3, -0.25) is 0 Å². The molecule has 0 amide bonds. The zero-order chi connectivity index (χ0) is 17.1. The van der Waals surface area contributed by atoms with Crippen molar-refractivity contribution in [3.63, 3.8) is 0 Å². The minimum Gasteiger partial charge on any atom is -0.496 e. The van der Waals surface area contributed by atoms with Gasteiger partial charge in [-0.15, -0.1) is 0 Å². The van der Waals surface area contributed by atoms with Gasteiger partial charge in [0.1, 0.15) is 11.5 Å². The monoisotopic (exact) mass is 314 g/mol. The van der Waals surface area contributed by atoms with Crippen LogP contribution in [0.25, 0.3) is 0 Å². The molecule has 1 aromatic rings. The van der Waals surface area contributed by atoms with Crippen LogP contribution in [0.5, 0.6) is 11.5 Å². The highest BCUT2D eigenvalue weighted by Gasteiger charge is 2.14. The molecule has 0 aromatic heterocycles. The van der Waals surface area contributed by atoms with Gasteiger partial charge in [0.15, 0.2) is 0 Å². The van der Waals surface area contributed by atoms with Crippen molar-refractivity contribution < 1.29 is 9.47 Å². The molecule has 1 aromatic carbocycles. The van der Waals surface area contributed by atoms with Crippen LogP contribution in [0.15, 0.2) is 12.1 Å². The summed E-state index contributed by atoms with van der Waals surface area (Å²) < 4.78 is 11.3. The van der Waals surface area contributed by atoms with Crippen molar-refractivity contribution in [2.24, 2.45) is 5.92 Å². The van der Waals surface area contributed by atoms with Crippen molar-refractivity contribution in [1.29, 1.82) is 10.5 Å². The summed E-state index contributed by atoms with van der Waals surface area (Å²) >= 11 is 0. The summed E-state index contributed by atoms with van der Waals surface area (Å²) in [6.07, 6.45) is 5.15. The van der Waals surface area contributed by atoms with Crippen LogP contribution in [0.1, 0.15) is 50.7 Å². The number of nitriles is 2. The first-order chi connectivity index (χ1) is 11.2. The molecule has 0 N–H and O–H groups in total. The topological polar surface area (TPSA) is 66.0 Å². The lowest BCUT2D eigenvalue weighted by atomic mass is 10.0. The maximum atomic E-state index is 9.02. The summed E-state index contributed by atoms with van der Waals surface area (Å²) in [6.45, 7) is 5.01. The van der Waals surface area contributed by atoms with E-state index in [0.29, 0.717) is 24.0 Å². The largest absolute Gasteiger partial charge is 0.496 e. The molecular formula is C19H26N2O2. The Hall–Kier alpha value is -2.20. The maximum absolute atomic E-state index is 9.02. The third-order valence-corrected chi connectivity index (χ3v) is 4.02. The maximum Gasteiger partial charge on any atom is 0.124 e. The van der Waals surface area contributed by atoms with Crippen LogP contribution in [0.2, 0.25) is 0 Å². The zero-order valence-electron chi connectivity index (χ0n) is 14.4. The van der Waals surface area contributed by atoms with Crippen LogP contribution in [0.3, 0.4) is 0 Å². The van der Waals surface area contributed by atoms with Crippen molar-refractivity contribution in [2.45, 2.75) is 52.4 Å². The second kappa shape index (κ2) is 10.5. The molecule has 0 heterocycles. The third kappa shape index (κ3) is 5.83. The van der Waals surface area contributed by atoms with Crippen LogP contribution in [0.4, 0.5) is 0 Å². The van der Waals surface area contributed by atoms with Gasteiger partial charge in [0, 0.05) is 11.1 Å². The van der Waals surface area contributed by atoms with Gasteiger partial charge in [-0.2, -0.15) is 10.5 Å². The lowest BCUT2D eigenvalue weighted by Crippen LogP contribution is -2.12. The molecule has 0 fully saturated rings. The molecule has 4 nitrogen and oxygen atoms in total. The summed E-state index contributed by atoms with van der Waals surface area (Å²) in [7, 11) is 1.57. The Labute approximate surface area is 139 Å². The summed E-state index contributed by atoms with van der Waals surface area (Å²) in [5.41, 5.74) is 1.62. The Morgan fingerprint density at radius 2 is 1.65 bits per heavy atom. The van der Waals surface area contributed by atoms with Crippen molar-refractivity contribution in [3.05, 3.63) is 23.3 Å². The molecule has 4 heteroatoms. The Bertz CT molecular complexity index is 570. The minimum atomic E-state index is 0.263. The van der Waals surface area contributed by atoms with E-state index in [2.05, 4.69) is 26.0 Å². The molecule has 0 aliphatic heterocycles. The van der Waals surface area contributed by atoms with E-state index >= 15 is 0 Å². The van der Waals surface area contributed by atoms with Gasteiger partial charge >= 0.3 is 0 Å². The van der Waals surface area contributed by atoms with Crippen LogP contribution in [-0.2, 0) is 12.8 Å². The van der Waals surface area contributed by atoms with Gasteiger partial charge in [-0.05, 0) is 24.5 Å². The molecule has 1 rings (SSSR count). The van der Waals surface area contributed by atoms with Crippen LogP contribution in [0, 0.1) is 28.6 Å². The fourth-order valence-electron chi connectivity index (χ4n) is 2.52. The summed E-state index contributed by atoms with van der Waals surface area (Å²) in [5, 5.41) is 18.0. The normalized spacial score (nSPS) is 11.3. The lowest BCUT2D eigenvalue weighted by molar-refractivity contribution is 0.231. The Morgan fingerprint density at radius 1 is 1.04 bits per heavy atom. The molecule has 0 spiro atoms. The quantitative estimate of drug-likeness (QED) is 0.641. The van der Waals surface area contributed by atoms with Gasteiger partial charge in [0.25, 0.3) is 0 Å². The highest BCUT2D eigenvalue weighted by Crippen LogP contribution is 2.30. The van der Waals surface area contributed by atoms with Crippen LogP contribution >= 0.6 is 0 Å². The molecule has 1 atom stereocenters.